The molecular weight excluding hydrogens is 1210 g/mol. The number of carboxylic acids is 1. The molecule has 0 bridgehead atoms. The quantitative estimate of drug-likeness (QED) is 0.0125. The molecule has 510 valence electrons. The average Bonchev–Trinajstić information content (AvgIpc) is 1.82. The summed E-state index contributed by atoms with van der Waals surface area (Å²) in [6.07, 6.45) is 2.94. The lowest BCUT2D eigenvalue weighted by Crippen LogP contribution is -2.61. The number of carbonyl (C=O) groups is 12. The van der Waals surface area contributed by atoms with Gasteiger partial charge in [-0.15, -0.1) is 0 Å². The van der Waals surface area contributed by atoms with E-state index in [0.717, 1.165) is 4.90 Å². The van der Waals surface area contributed by atoms with Crippen LogP contribution in [0.4, 0.5) is 0 Å². The minimum absolute atomic E-state index is 0.000475. The van der Waals surface area contributed by atoms with Gasteiger partial charge in [-0.2, -0.15) is 12.6 Å². The number of hydrogen-bond acceptors (Lipinski definition) is 20. The standard InChI is InChI=1S/C52H93N25O13S/c53-15-3-1-10-29(69-40(80)28(55)9-5-17-65-50(58)59)41(81)70-30(11-2-4-16-54)43(83)74-34(23-39(57)79)48(88)77-20-8-14-37(77)47(87)73-33(22-38(56)78)45(85)76-36(25-91)46(86)72-31(12-6-18-66-51(60)61)42(82)71-32(13-7-19-67-52(62)63)44(84)75-35(49(89)90)21-27-24-64-26-68-27/h24,26,28-37,91H,1-23,25,53-55H2,(H2,56,78)(H2,57,79)(H,64,68)(H,69,80)(H,70,81)(H,71,82)(H,72,86)(H,73,87)(H,74,83)(H,75,84)(H,76,85)(H,89,90)(H4,58,59,65)(H4,60,61,66)(H4,62,63,67)/t28-,29-,30-,31-,32-,33-,34-,35-,36-,37-/m0/s1. The van der Waals surface area contributed by atoms with Gasteiger partial charge in [0.25, 0.3) is 0 Å². The first-order valence-electron chi connectivity index (χ1n) is 29.5. The number of amides is 11. The van der Waals surface area contributed by atoms with E-state index in [-0.39, 0.29) is 121 Å². The fraction of sp³-hybridized carbons (Fsp3) is 0.654. The van der Waals surface area contributed by atoms with Gasteiger partial charge in [0.05, 0.1) is 25.2 Å². The van der Waals surface area contributed by atoms with Crippen LogP contribution in [0, 0.1) is 0 Å². The Labute approximate surface area is 530 Å². The van der Waals surface area contributed by atoms with Gasteiger partial charge in [-0.25, -0.2) is 9.78 Å². The third-order valence-electron chi connectivity index (χ3n) is 13.9. The third-order valence-corrected chi connectivity index (χ3v) is 14.3. The molecule has 0 radical (unpaired) electrons. The maximum atomic E-state index is 14.4. The maximum Gasteiger partial charge on any atom is 0.326 e. The van der Waals surface area contributed by atoms with Gasteiger partial charge in [-0.05, 0) is 103 Å². The minimum atomic E-state index is -1.81. The van der Waals surface area contributed by atoms with Gasteiger partial charge in [-0.3, -0.25) is 67.7 Å². The number of guanidine groups is 3. The summed E-state index contributed by atoms with van der Waals surface area (Å²) in [7, 11) is 0. The summed E-state index contributed by atoms with van der Waals surface area (Å²) in [4.78, 5) is 182. The fourth-order valence-electron chi connectivity index (χ4n) is 9.22. The van der Waals surface area contributed by atoms with Crippen molar-refractivity contribution >= 4 is 101 Å². The fourth-order valence-corrected chi connectivity index (χ4v) is 9.48. The Morgan fingerprint density at radius 1 is 0.538 bits per heavy atom. The smallest absolute Gasteiger partial charge is 0.326 e. The number of carboxylic acid groups (broad SMARTS) is 1. The molecule has 1 fully saturated rings. The first-order chi connectivity index (χ1) is 43.1. The van der Waals surface area contributed by atoms with E-state index in [2.05, 4.69) is 80.1 Å². The second-order valence-corrected chi connectivity index (χ2v) is 21.7. The zero-order valence-corrected chi connectivity index (χ0v) is 51.7. The topological polar surface area (TPSA) is 677 Å². The van der Waals surface area contributed by atoms with Crippen molar-refractivity contribution in [2.24, 2.45) is 78.0 Å². The van der Waals surface area contributed by atoms with Crippen LogP contribution in [0.1, 0.15) is 108 Å². The number of aromatic nitrogens is 2. The largest absolute Gasteiger partial charge is 0.480 e. The number of aliphatic imine (C=N–C) groups is 3. The molecule has 1 aliphatic heterocycles. The highest BCUT2D eigenvalue weighted by Gasteiger charge is 2.41. The first-order valence-corrected chi connectivity index (χ1v) is 30.2. The number of H-pyrrole nitrogens is 1. The summed E-state index contributed by atoms with van der Waals surface area (Å²) in [5.41, 5.74) is 61.6. The van der Waals surface area contributed by atoms with Gasteiger partial charge < -0.3 is 121 Å². The Bertz CT molecular complexity index is 2670. The molecule has 1 aliphatic rings. The Morgan fingerprint density at radius 3 is 1.35 bits per heavy atom. The molecule has 1 aromatic heterocycles. The molecule has 1 aromatic rings. The van der Waals surface area contributed by atoms with Crippen LogP contribution in [0.15, 0.2) is 27.5 Å². The van der Waals surface area contributed by atoms with Gasteiger partial charge in [-0.1, -0.05) is 0 Å². The number of imidazole rings is 1. The molecule has 32 N–H and O–H groups in total. The Balaban J connectivity index is 2.39. The van der Waals surface area contributed by atoms with Crippen LogP contribution in [0.3, 0.4) is 0 Å². The second kappa shape index (κ2) is 42.0. The van der Waals surface area contributed by atoms with Crippen LogP contribution in [0.2, 0.25) is 0 Å². The summed E-state index contributed by atoms with van der Waals surface area (Å²) in [6, 6.07) is -14.6. The molecular formula is C52H93N25O13S. The number of primary amides is 2. The number of thiol groups is 1. The lowest BCUT2D eigenvalue weighted by atomic mass is 10.0. The molecule has 0 spiro atoms. The number of unbranched alkanes of at least 4 members (excludes halogenated alkanes) is 2. The minimum Gasteiger partial charge on any atom is -0.480 e. The molecule has 0 aliphatic carbocycles. The Morgan fingerprint density at radius 2 is 0.934 bits per heavy atom. The van der Waals surface area contributed by atoms with Gasteiger partial charge in [0.15, 0.2) is 17.9 Å². The average molecular weight is 1310 g/mol. The molecule has 2 heterocycles. The number of nitrogens with zero attached hydrogens (tertiary/aromatic N) is 5. The highest BCUT2D eigenvalue weighted by molar-refractivity contribution is 7.80. The van der Waals surface area contributed by atoms with Crippen molar-refractivity contribution in [1.82, 2.24) is 57.4 Å². The number of aliphatic carboxylic acids is 1. The molecule has 10 atom stereocenters. The number of carbonyl (C=O) groups excluding carboxylic acids is 11. The Hall–Kier alpha value is -9.11. The van der Waals surface area contributed by atoms with Crippen LogP contribution in [0.25, 0.3) is 0 Å². The zero-order valence-electron chi connectivity index (χ0n) is 50.8. The number of aromatic amines is 1. The number of nitrogens with two attached hydrogens (primary N) is 11. The lowest BCUT2D eigenvalue weighted by molar-refractivity contribution is -0.143. The molecule has 2 rings (SSSR count). The van der Waals surface area contributed by atoms with Crippen molar-refractivity contribution in [2.75, 3.05) is 45.0 Å². The summed E-state index contributed by atoms with van der Waals surface area (Å²) in [6.45, 7) is 0.533. The van der Waals surface area contributed by atoms with Crippen molar-refractivity contribution in [3.8, 4) is 0 Å². The van der Waals surface area contributed by atoms with Gasteiger partial charge in [0.1, 0.15) is 54.4 Å². The van der Waals surface area contributed by atoms with Gasteiger partial charge in [0.2, 0.25) is 65.0 Å². The molecule has 11 amide bonds. The predicted molar refractivity (Wildman–Crippen MR) is 335 cm³/mol. The van der Waals surface area contributed by atoms with E-state index >= 15 is 0 Å². The normalized spacial score (nSPS) is 15.6. The highest BCUT2D eigenvalue weighted by atomic mass is 32.1. The van der Waals surface area contributed by atoms with E-state index in [1.165, 1.54) is 12.5 Å². The molecule has 39 heteroatoms. The summed E-state index contributed by atoms with van der Waals surface area (Å²) < 4.78 is 0. The van der Waals surface area contributed by atoms with E-state index in [4.69, 9.17) is 63.1 Å². The highest BCUT2D eigenvalue weighted by Crippen LogP contribution is 2.21. The van der Waals surface area contributed by atoms with Crippen LogP contribution >= 0.6 is 12.6 Å². The van der Waals surface area contributed by atoms with E-state index in [1.807, 2.05) is 0 Å². The number of rotatable bonds is 45. The third kappa shape index (κ3) is 30.3. The van der Waals surface area contributed by atoms with Crippen molar-refractivity contribution in [2.45, 2.75) is 170 Å². The van der Waals surface area contributed by atoms with E-state index in [9.17, 15) is 62.6 Å². The molecule has 91 heavy (non-hydrogen) atoms. The monoisotopic (exact) mass is 1310 g/mol. The van der Waals surface area contributed by atoms with E-state index in [0.29, 0.717) is 37.8 Å². The van der Waals surface area contributed by atoms with Crippen molar-refractivity contribution < 1.29 is 62.6 Å². The molecule has 0 aromatic carbocycles. The molecule has 38 nitrogen and oxygen atoms in total. The van der Waals surface area contributed by atoms with Crippen LogP contribution < -0.4 is 106 Å². The maximum absolute atomic E-state index is 14.4. The molecule has 0 unspecified atom stereocenters. The Kier molecular flexibility index (Phi) is 36.0. The molecule has 0 saturated carbocycles. The van der Waals surface area contributed by atoms with Crippen LogP contribution in [-0.2, 0) is 64.0 Å². The van der Waals surface area contributed by atoms with Gasteiger partial charge >= 0.3 is 5.97 Å². The zero-order chi connectivity index (χ0) is 68.2. The number of nitrogens with one attached hydrogen (secondary N) is 9. The SMILES string of the molecule is NCCCC[C@H](NC(=O)[C@H](CCCCN)NC(=O)[C@@H](N)CCCN=C(N)N)C(=O)N[C@@H](CC(N)=O)C(=O)N1CCC[C@H]1C(=O)N[C@@H](CC(N)=O)C(=O)N[C@@H](CS)C(=O)N[C@@H](CCCN=C(N)N)C(=O)N[C@@H](CCCN=C(N)N)C(=O)N[C@@H](Cc1cnc[nH]1)C(=O)O. The van der Waals surface area contributed by atoms with E-state index in [1.54, 1.807) is 0 Å². The van der Waals surface area contributed by atoms with E-state index < -0.39 is 150 Å². The van der Waals surface area contributed by atoms with Crippen LogP contribution in [-0.4, -0.2) is 214 Å². The number of likely N-dealkylation sites (tertiary alicyclic amines) is 1. The van der Waals surface area contributed by atoms with Crippen LogP contribution in [0.5, 0.6) is 0 Å². The molecule has 1 saturated heterocycles. The van der Waals surface area contributed by atoms with Crippen molar-refractivity contribution in [3.05, 3.63) is 18.2 Å². The van der Waals surface area contributed by atoms with Gasteiger partial charge in [0, 0.05) is 50.2 Å². The summed E-state index contributed by atoms with van der Waals surface area (Å²) >= 11 is 4.22. The van der Waals surface area contributed by atoms with Crippen molar-refractivity contribution in [1.29, 1.82) is 0 Å². The predicted octanol–water partition coefficient (Wildman–Crippen LogP) is -9.67. The number of hydrogen-bond donors (Lipinski definition) is 22. The lowest BCUT2D eigenvalue weighted by Gasteiger charge is -2.30. The first kappa shape index (κ1) is 78.0. The van der Waals surface area contributed by atoms with Crippen molar-refractivity contribution in [3.63, 3.8) is 0 Å². The second-order valence-electron chi connectivity index (χ2n) is 21.3. The summed E-state index contributed by atoms with van der Waals surface area (Å²) in [5, 5.41) is 29.9. The summed E-state index contributed by atoms with van der Waals surface area (Å²) in [5.74, 6) is -13.1.